The van der Waals surface area contributed by atoms with Gasteiger partial charge in [0.15, 0.2) is 11.2 Å². The molecule has 0 bridgehead atoms. The molecule has 0 aliphatic carbocycles. The van der Waals surface area contributed by atoms with Gasteiger partial charge in [0.2, 0.25) is 5.75 Å². The second kappa shape index (κ2) is 4.81. The summed E-state index contributed by atoms with van der Waals surface area (Å²) >= 11 is 0. The van der Waals surface area contributed by atoms with Crippen molar-refractivity contribution in [2.75, 3.05) is 0 Å². The van der Waals surface area contributed by atoms with Crippen LogP contribution >= 0.6 is 0 Å². The molecule has 2 N–H and O–H groups in total. The maximum Gasteiger partial charge on any atom is 0.314 e. The third kappa shape index (κ3) is 2.54. The molecule has 2 aromatic rings. The molecule has 0 amide bonds. The van der Waals surface area contributed by atoms with Gasteiger partial charge in [0.05, 0.1) is 11.2 Å². The van der Waals surface area contributed by atoms with Gasteiger partial charge >= 0.3 is 5.69 Å². The fourth-order valence-electron chi connectivity index (χ4n) is 1.61. The molecule has 19 heavy (non-hydrogen) atoms. The van der Waals surface area contributed by atoms with Crippen molar-refractivity contribution in [1.29, 1.82) is 0 Å². The fourth-order valence-corrected chi connectivity index (χ4v) is 1.61. The van der Waals surface area contributed by atoms with Crippen LogP contribution in [0.1, 0.15) is 11.3 Å². The van der Waals surface area contributed by atoms with E-state index in [9.17, 15) is 25.1 Å². The first-order valence-electron chi connectivity index (χ1n) is 5.25. The summed E-state index contributed by atoms with van der Waals surface area (Å²) in [4.78, 5) is 20.9. The van der Waals surface area contributed by atoms with Crippen molar-refractivity contribution >= 4 is 5.69 Å². The van der Waals surface area contributed by atoms with Crippen LogP contribution in [-0.2, 0) is 6.42 Å². The summed E-state index contributed by atoms with van der Waals surface area (Å²) in [7, 11) is 0. The minimum absolute atomic E-state index is 0.0352. The lowest BCUT2D eigenvalue weighted by Crippen LogP contribution is -1.99. The monoisotopic (exact) mass is 263 g/mol. The van der Waals surface area contributed by atoms with E-state index in [1.54, 1.807) is 0 Å². The van der Waals surface area contributed by atoms with Gasteiger partial charge in [-0.3, -0.25) is 14.9 Å². The number of nitro groups is 1. The van der Waals surface area contributed by atoms with Gasteiger partial charge in [0.25, 0.3) is 0 Å². The third-order valence-corrected chi connectivity index (χ3v) is 2.53. The predicted octanol–water partition coefficient (Wildman–Crippen LogP) is 1.55. The first kappa shape index (κ1) is 12.6. The van der Waals surface area contributed by atoms with Crippen molar-refractivity contribution in [1.82, 2.24) is 0 Å². The van der Waals surface area contributed by atoms with Crippen molar-refractivity contribution in [2.24, 2.45) is 0 Å². The fraction of sp³-hybridized carbons (Fsp3) is 0.0833. The second-order valence-electron chi connectivity index (χ2n) is 3.81. The van der Waals surface area contributed by atoms with Crippen molar-refractivity contribution in [3.8, 4) is 11.5 Å². The Labute approximate surface area is 106 Å². The molecule has 0 radical (unpaired) electrons. The zero-order chi connectivity index (χ0) is 14.0. The summed E-state index contributed by atoms with van der Waals surface area (Å²) in [6, 6.07) is 4.83. The largest absolute Gasteiger partial charge is 0.504 e. The van der Waals surface area contributed by atoms with Gasteiger partial charge in [-0.25, -0.2) is 0 Å². The molecule has 0 spiro atoms. The Balaban J connectivity index is 2.39. The topological polar surface area (TPSA) is 114 Å². The summed E-state index contributed by atoms with van der Waals surface area (Å²) in [6.45, 7) is 0. The number of rotatable bonds is 3. The number of phenols is 2. The molecule has 0 fully saturated rings. The van der Waals surface area contributed by atoms with E-state index in [4.69, 9.17) is 4.42 Å². The van der Waals surface area contributed by atoms with Crippen LogP contribution in [0.15, 0.2) is 39.7 Å². The Morgan fingerprint density at radius 2 is 1.95 bits per heavy atom. The first-order chi connectivity index (χ1) is 8.99. The highest BCUT2D eigenvalue weighted by atomic mass is 16.6. The molecule has 2 rings (SSSR count). The SMILES string of the molecule is O=c1ccoc(Cc2ccc([N+](=O)[O-])c(O)c2O)c1. The molecule has 7 heteroatoms. The molecule has 0 saturated heterocycles. The highest BCUT2D eigenvalue weighted by molar-refractivity contribution is 5.58. The Bertz CT molecular complexity index is 691. The average molecular weight is 263 g/mol. The number of hydrogen-bond donors (Lipinski definition) is 2. The van der Waals surface area contributed by atoms with Gasteiger partial charge < -0.3 is 14.6 Å². The quantitative estimate of drug-likeness (QED) is 0.493. The lowest BCUT2D eigenvalue weighted by molar-refractivity contribution is -0.386. The van der Waals surface area contributed by atoms with Gasteiger partial charge in [-0.05, 0) is 6.07 Å². The van der Waals surface area contributed by atoms with Crippen molar-refractivity contribution < 1.29 is 19.6 Å². The van der Waals surface area contributed by atoms with Crippen molar-refractivity contribution in [2.45, 2.75) is 6.42 Å². The zero-order valence-electron chi connectivity index (χ0n) is 9.57. The van der Waals surface area contributed by atoms with Gasteiger partial charge in [-0.15, -0.1) is 0 Å². The molecule has 7 nitrogen and oxygen atoms in total. The van der Waals surface area contributed by atoms with Crippen LogP contribution in [0.4, 0.5) is 5.69 Å². The number of benzene rings is 1. The molecule has 0 aliphatic heterocycles. The summed E-state index contributed by atoms with van der Waals surface area (Å²) in [5.74, 6) is -1.13. The summed E-state index contributed by atoms with van der Waals surface area (Å²) in [6.07, 6.45) is 1.24. The molecule has 0 aliphatic rings. The van der Waals surface area contributed by atoms with E-state index in [-0.39, 0.29) is 23.2 Å². The Morgan fingerprint density at radius 3 is 2.58 bits per heavy atom. The number of hydrogen-bond acceptors (Lipinski definition) is 6. The minimum atomic E-state index is -0.805. The molecular formula is C12H9NO6. The molecule has 98 valence electrons. The number of aromatic hydroxyl groups is 2. The normalized spacial score (nSPS) is 10.3. The predicted molar refractivity (Wildman–Crippen MR) is 64.2 cm³/mol. The van der Waals surface area contributed by atoms with Crippen LogP contribution in [0.25, 0.3) is 0 Å². The molecule has 1 aromatic heterocycles. The molecule has 0 unspecified atom stereocenters. The van der Waals surface area contributed by atoms with E-state index < -0.39 is 22.1 Å². The lowest BCUT2D eigenvalue weighted by atomic mass is 10.1. The maximum absolute atomic E-state index is 11.1. The molecule has 1 aromatic carbocycles. The number of nitrogens with zero attached hydrogens (tertiary/aromatic N) is 1. The van der Waals surface area contributed by atoms with Crippen molar-refractivity contribution in [3.63, 3.8) is 0 Å². The smallest absolute Gasteiger partial charge is 0.314 e. The third-order valence-electron chi connectivity index (χ3n) is 2.53. The van der Waals surface area contributed by atoms with E-state index in [2.05, 4.69) is 0 Å². The van der Waals surface area contributed by atoms with Gasteiger partial charge in [-0.1, -0.05) is 0 Å². The molecule has 0 saturated carbocycles. The lowest BCUT2D eigenvalue weighted by Gasteiger charge is -2.05. The summed E-state index contributed by atoms with van der Waals surface area (Å²) < 4.78 is 5.06. The highest BCUT2D eigenvalue weighted by Crippen LogP contribution is 2.38. The van der Waals surface area contributed by atoms with Crippen LogP contribution in [-0.4, -0.2) is 15.1 Å². The minimum Gasteiger partial charge on any atom is -0.504 e. The van der Waals surface area contributed by atoms with Crippen LogP contribution in [0.5, 0.6) is 11.5 Å². The molecule has 1 heterocycles. The van der Waals surface area contributed by atoms with E-state index in [1.807, 2.05) is 0 Å². The van der Waals surface area contributed by atoms with E-state index in [0.29, 0.717) is 0 Å². The van der Waals surface area contributed by atoms with Gasteiger partial charge in [0.1, 0.15) is 5.76 Å². The maximum atomic E-state index is 11.1. The standard InChI is InChI=1S/C12H9NO6/c14-8-3-4-19-9(6-8)5-7-1-2-10(13(17)18)12(16)11(7)15/h1-4,6,15-16H,5H2. The van der Waals surface area contributed by atoms with E-state index in [0.717, 1.165) is 6.07 Å². The average Bonchev–Trinajstić information content (AvgIpc) is 2.35. The van der Waals surface area contributed by atoms with E-state index in [1.165, 1.54) is 24.5 Å². The summed E-state index contributed by atoms with van der Waals surface area (Å²) in [5, 5.41) is 29.7. The highest BCUT2D eigenvalue weighted by Gasteiger charge is 2.20. The van der Waals surface area contributed by atoms with Gasteiger partial charge in [0, 0.05) is 30.2 Å². The Hall–Kier alpha value is -2.83. The Kier molecular flexibility index (Phi) is 3.19. The second-order valence-corrected chi connectivity index (χ2v) is 3.81. The number of phenolic OH excluding ortho intramolecular Hbond substituents is 2. The van der Waals surface area contributed by atoms with E-state index >= 15 is 0 Å². The molecular weight excluding hydrogens is 254 g/mol. The van der Waals surface area contributed by atoms with Crippen LogP contribution < -0.4 is 5.43 Å². The van der Waals surface area contributed by atoms with Crippen LogP contribution in [0.2, 0.25) is 0 Å². The number of nitro benzene ring substituents is 1. The van der Waals surface area contributed by atoms with Crippen molar-refractivity contribution in [3.05, 3.63) is 62.2 Å². The Morgan fingerprint density at radius 1 is 1.21 bits per heavy atom. The van der Waals surface area contributed by atoms with Crippen LogP contribution in [0, 0.1) is 10.1 Å². The molecule has 0 atom stereocenters. The zero-order valence-corrected chi connectivity index (χ0v) is 9.57. The summed E-state index contributed by atoms with van der Waals surface area (Å²) in [5.41, 5.74) is -0.625. The van der Waals surface area contributed by atoms with Gasteiger partial charge in [-0.2, -0.15) is 0 Å². The van der Waals surface area contributed by atoms with Crippen LogP contribution in [0.3, 0.4) is 0 Å². The first-order valence-corrected chi connectivity index (χ1v) is 5.25.